The molecule has 0 aliphatic carbocycles. The van der Waals surface area contributed by atoms with E-state index in [1.165, 1.54) is 0 Å². The summed E-state index contributed by atoms with van der Waals surface area (Å²) in [6, 6.07) is 0. The maximum absolute atomic E-state index is 12.5. The molecular formula is C12H21F3N2O2. The molecule has 0 aromatic heterocycles. The highest BCUT2D eigenvalue weighted by Crippen LogP contribution is 2.24. The van der Waals surface area contributed by atoms with E-state index in [2.05, 4.69) is 0 Å². The third kappa shape index (κ3) is 4.99. The minimum atomic E-state index is -4.41. The molecule has 1 fully saturated rings. The third-order valence-corrected chi connectivity index (χ3v) is 3.05. The van der Waals surface area contributed by atoms with Crippen molar-refractivity contribution in [3.63, 3.8) is 0 Å². The van der Waals surface area contributed by atoms with Crippen LogP contribution in [0.15, 0.2) is 0 Å². The van der Waals surface area contributed by atoms with Gasteiger partial charge in [0.25, 0.3) is 0 Å². The molecule has 0 spiro atoms. The van der Waals surface area contributed by atoms with Crippen LogP contribution in [0.25, 0.3) is 0 Å². The maximum atomic E-state index is 12.5. The monoisotopic (exact) mass is 282 g/mol. The van der Waals surface area contributed by atoms with Gasteiger partial charge < -0.3 is 15.4 Å². The number of nitrogens with zero attached hydrogens (tertiary/aromatic N) is 1. The second kappa shape index (κ2) is 6.09. The first-order chi connectivity index (χ1) is 8.64. The lowest BCUT2D eigenvalue weighted by Crippen LogP contribution is -2.59. The van der Waals surface area contributed by atoms with Gasteiger partial charge in [0, 0.05) is 19.8 Å². The number of alkyl halides is 3. The molecule has 7 heteroatoms. The van der Waals surface area contributed by atoms with Crippen LogP contribution in [-0.2, 0) is 9.53 Å². The van der Waals surface area contributed by atoms with Crippen LogP contribution in [-0.4, -0.2) is 48.8 Å². The first kappa shape index (κ1) is 16.2. The Kier molecular flexibility index (Phi) is 5.20. The van der Waals surface area contributed by atoms with Gasteiger partial charge in [0.1, 0.15) is 6.54 Å². The van der Waals surface area contributed by atoms with E-state index in [-0.39, 0.29) is 25.3 Å². The SMILES string of the molecule is CC(C)CN(CC(F)(F)F)C(=O)C1(N)CCOCC1. The van der Waals surface area contributed by atoms with Crippen LogP contribution in [0.5, 0.6) is 0 Å². The van der Waals surface area contributed by atoms with Crippen molar-refractivity contribution in [1.82, 2.24) is 4.90 Å². The molecule has 0 radical (unpaired) electrons. The van der Waals surface area contributed by atoms with Crippen molar-refractivity contribution >= 4 is 5.91 Å². The zero-order chi connectivity index (χ0) is 14.7. The number of rotatable bonds is 4. The first-order valence-electron chi connectivity index (χ1n) is 6.37. The normalized spacial score (nSPS) is 19.5. The molecule has 0 saturated carbocycles. The number of halogens is 3. The van der Waals surface area contributed by atoms with Gasteiger partial charge in [-0.15, -0.1) is 0 Å². The Morgan fingerprint density at radius 3 is 2.32 bits per heavy atom. The van der Waals surface area contributed by atoms with Gasteiger partial charge in [-0.05, 0) is 18.8 Å². The Morgan fingerprint density at radius 2 is 1.89 bits per heavy atom. The summed E-state index contributed by atoms with van der Waals surface area (Å²) in [6.07, 6.45) is -3.89. The van der Waals surface area contributed by atoms with E-state index in [1.54, 1.807) is 13.8 Å². The van der Waals surface area contributed by atoms with Crippen LogP contribution in [0.2, 0.25) is 0 Å². The average molecular weight is 282 g/mol. The minimum absolute atomic E-state index is 0.0465. The third-order valence-electron chi connectivity index (χ3n) is 3.05. The molecule has 1 aliphatic rings. The number of carbonyl (C=O) groups is 1. The minimum Gasteiger partial charge on any atom is -0.381 e. The molecule has 0 aromatic rings. The highest BCUT2D eigenvalue weighted by Gasteiger charge is 2.42. The van der Waals surface area contributed by atoms with Crippen LogP contribution >= 0.6 is 0 Å². The van der Waals surface area contributed by atoms with Crippen molar-refractivity contribution in [1.29, 1.82) is 0 Å². The second-order valence-corrected chi connectivity index (χ2v) is 5.46. The molecule has 0 bridgehead atoms. The van der Waals surface area contributed by atoms with Crippen molar-refractivity contribution < 1.29 is 22.7 Å². The molecule has 1 rings (SSSR count). The topological polar surface area (TPSA) is 55.6 Å². The zero-order valence-corrected chi connectivity index (χ0v) is 11.3. The van der Waals surface area contributed by atoms with E-state index in [9.17, 15) is 18.0 Å². The van der Waals surface area contributed by atoms with Crippen molar-refractivity contribution in [2.24, 2.45) is 11.7 Å². The van der Waals surface area contributed by atoms with Crippen LogP contribution in [0, 0.1) is 5.92 Å². The van der Waals surface area contributed by atoms with Crippen molar-refractivity contribution in [3.05, 3.63) is 0 Å². The molecule has 1 saturated heterocycles. The van der Waals surface area contributed by atoms with Crippen molar-refractivity contribution in [2.45, 2.75) is 38.4 Å². The van der Waals surface area contributed by atoms with Gasteiger partial charge >= 0.3 is 6.18 Å². The van der Waals surface area contributed by atoms with E-state index in [4.69, 9.17) is 10.5 Å². The number of hydrogen-bond donors (Lipinski definition) is 1. The summed E-state index contributed by atoms with van der Waals surface area (Å²) in [4.78, 5) is 13.1. The Labute approximate surface area is 111 Å². The van der Waals surface area contributed by atoms with Gasteiger partial charge in [0.15, 0.2) is 0 Å². The quantitative estimate of drug-likeness (QED) is 0.851. The standard InChI is InChI=1S/C12H21F3N2O2/c1-9(2)7-17(8-12(13,14)15)10(18)11(16)3-5-19-6-4-11/h9H,3-8,16H2,1-2H3. The van der Waals surface area contributed by atoms with Crippen molar-refractivity contribution in [2.75, 3.05) is 26.3 Å². The summed E-state index contributed by atoms with van der Waals surface area (Å²) in [5.74, 6) is -0.670. The lowest BCUT2D eigenvalue weighted by Gasteiger charge is -2.37. The summed E-state index contributed by atoms with van der Waals surface area (Å²) >= 11 is 0. The van der Waals surface area contributed by atoms with Gasteiger partial charge in [-0.2, -0.15) is 13.2 Å². The summed E-state index contributed by atoms with van der Waals surface area (Å²) in [5, 5.41) is 0. The fourth-order valence-electron chi connectivity index (χ4n) is 2.14. The number of nitrogens with two attached hydrogens (primary N) is 1. The van der Waals surface area contributed by atoms with Gasteiger partial charge in [-0.1, -0.05) is 13.8 Å². The molecule has 1 heterocycles. The highest BCUT2D eigenvalue weighted by atomic mass is 19.4. The first-order valence-corrected chi connectivity index (χ1v) is 6.37. The molecule has 4 nitrogen and oxygen atoms in total. The predicted octanol–water partition coefficient (Wildman–Crippen LogP) is 1.54. The number of amides is 1. The Morgan fingerprint density at radius 1 is 1.37 bits per heavy atom. The summed E-state index contributed by atoms with van der Waals surface area (Å²) in [6.45, 7) is 2.96. The predicted molar refractivity (Wildman–Crippen MR) is 64.4 cm³/mol. The lowest BCUT2D eigenvalue weighted by molar-refractivity contribution is -0.167. The van der Waals surface area contributed by atoms with Gasteiger partial charge in [0.2, 0.25) is 5.91 Å². The maximum Gasteiger partial charge on any atom is 0.406 e. The smallest absolute Gasteiger partial charge is 0.381 e. The fourth-order valence-corrected chi connectivity index (χ4v) is 2.14. The molecule has 19 heavy (non-hydrogen) atoms. The van der Waals surface area contributed by atoms with E-state index >= 15 is 0 Å². The highest BCUT2D eigenvalue weighted by molar-refractivity contribution is 5.86. The molecule has 0 unspecified atom stereocenters. The zero-order valence-electron chi connectivity index (χ0n) is 11.3. The molecular weight excluding hydrogens is 261 g/mol. The molecule has 1 aliphatic heterocycles. The van der Waals surface area contributed by atoms with Crippen LogP contribution in [0.4, 0.5) is 13.2 Å². The molecule has 0 aromatic carbocycles. The molecule has 112 valence electrons. The summed E-state index contributed by atoms with van der Waals surface area (Å²) in [7, 11) is 0. The van der Waals surface area contributed by atoms with E-state index in [0.29, 0.717) is 13.2 Å². The Hall–Kier alpha value is -0.820. The van der Waals surface area contributed by atoms with Gasteiger partial charge in [0.05, 0.1) is 5.54 Å². The number of ether oxygens (including phenoxy) is 1. The lowest BCUT2D eigenvalue weighted by atomic mass is 9.89. The molecule has 0 atom stereocenters. The van der Waals surface area contributed by atoms with Crippen LogP contribution < -0.4 is 5.73 Å². The van der Waals surface area contributed by atoms with Crippen LogP contribution in [0.1, 0.15) is 26.7 Å². The number of hydrogen-bond acceptors (Lipinski definition) is 3. The van der Waals surface area contributed by atoms with E-state index < -0.39 is 24.2 Å². The summed E-state index contributed by atoms with van der Waals surface area (Å²) < 4.78 is 42.8. The fraction of sp³-hybridized carbons (Fsp3) is 0.917. The van der Waals surface area contributed by atoms with E-state index in [1.807, 2.05) is 0 Å². The summed E-state index contributed by atoms with van der Waals surface area (Å²) in [5.41, 5.74) is 4.74. The Balaban J connectivity index is 2.80. The average Bonchev–Trinajstić information content (AvgIpc) is 2.25. The Bertz CT molecular complexity index is 313. The number of carbonyl (C=O) groups excluding carboxylic acids is 1. The molecule has 1 amide bonds. The van der Waals surface area contributed by atoms with Crippen molar-refractivity contribution in [3.8, 4) is 0 Å². The second-order valence-electron chi connectivity index (χ2n) is 5.46. The largest absolute Gasteiger partial charge is 0.406 e. The van der Waals surface area contributed by atoms with E-state index in [0.717, 1.165) is 4.90 Å². The molecule has 2 N–H and O–H groups in total. The van der Waals surface area contributed by atoms with Gasteiger partial charge in [-0.25, -0.2) is 0 Å². The van der Waals surface area contributed by atoms with Crippen LogP contribution in [0.3, 0.4) is 0 Å². The van der Waals surface area contributed by atoms with Gasteiger partial charge in [-0.3, -0.25) is 4.79 Å².